The number of rotatable bonds is 7. The van der Waals surface area contributed by atoms with Crippen molar-refractivity contribution in [1.82, 2.24) is 20.2 Å². The molecular formula is C25H24N6O2. The molecule has 0 radical (unpaired) electrons. The number of ketones is 1. The van der Waals surface area contributed by atoms with E-state index in [0.29, 0.717) is 18.0 Å². The van der Waals surface area contributed by atoms with Crippen molar-refractivity contribution in [3.63, 3.8) is 0 Å². The number of H-pyrrole nitrogens is 1. The van der Waals surface area contributed by atoms with Gasteiger partial charge in [-0.25, -0.2) is 4.98 Å². The van der Waals surface area contributed by atoms with Gasteiger partial charge in [-0.2, -0.15) is 10.1 Å². The minimum absolute atomic E-state index is 0.0224. The highest BCUT2D eigenvalue weighted by molar-refractivity contribution is 5.93. The predicted octanol–water partition coefficient (Wildman–Crippen LogP) is 3.90. The molecule has 0 unspecified atom stereocenters. The number of anilines is 3. The summed E-state index contributed by atoms with van der Waals surface area (Å²) in [5, 5.41) is 11.2. The minimum atomic E-state index is -0.0224. The van der Waals surface area contributed by atoms with Gasteiger partial charge in [-0.3, -0.25) is 9.89 Å². The Morgan fingerprint density at radius 2 is 2.00 bits per heavy atom. The first-order valence-corrected chi connectivity index (χ1v) is 10.8. The number of carbonyl (C=O) groups excluding carboxylic acids is 1. The van der Waals surface area contributed by atoms with Gasteiger partial charge in [0.1, 0.15) is 0 Å². The summed E-state index contributed by atoms with van der Waals surface area (Å²) in [6.45, 7) is 6.77. The van der Waals surface area contributed by atoms with E-state index in [1.54, 1.807) is 6.20 Å². The molecule has 33 heavy (non-hydrogen) atoms. The van der Waals surface area contributed by atoms with Crippen LogP contribution in [-0.4, -0.2) is 52.3 Å². The SMILES string of the molecule is C=CC(=O)Cc1cccc(-c2nc(Nc3cccc(N4CCOCC4)c3)nc3[nH]ncc23)c1. The summed E-state index contributed by atoms with van der Waals surface area (Å²) in [5.41, 5.74) is 5.21. The number of ether oxygens (including phenoxy) is 1. The molecule has 8 heteroatoms. The van der Waals surface area contributed by atoms with Crippen LogP contribution in [0.4, 0.5) is 17.3 Å². The second kappa shape index (κ2) is 9.22. The Balaban J connectivity index is 1.47. The quantitative estimate of drug-likeness (QED) is 0.421. The average Bonchev–Trinajstić information content (AvgIpc) is 3.33. The third-order valence-corrected chi connectivity index (χ3v) is 5.59. The van der Waals surface area contributed by atoms with Crippen LogP contribution in [0.5, 0.6) is 0 Å². The molecular weight excluding hydrogens is 416 g/mol. The third-order valence-electron chi connectivity index (χ3n) is 5.59. The largest absolute Gasteiger partial charge is 0.378 e. The van der Waals surface area contributed by atoms with Crippen LogP contribution in [0.2, 0.25) is 0 Å². The summed E-state index contributed by atoms with van der Waals surface area (Å²) < 4.78 is 5.46. The fraction of sp³-hybridized carbons (Fsp3) is 0.200. The summed E-state index contributed by atoms with van der Waals surface area (Å²) in [4.78, 5) is 23.5. The van der Waals surface area contributed by atoms with Crippen LogP contribution in [0.1, 0.15) is 5.56 Å². The Hall–Kier alpha value is -4.04. The number of benzene rings is 2. The lowest BCUT2D eigenvalue weighted by atomic mass is 10.0. The number of nitrogens with one attached hydrogen (secondary N) is 2. The van der Waals surface area contributed by atoms with Gasteiger partial charge >= 0.3 is 0 Å². The number of fused-ring (bicyclic) bond motifs is 1. The summed E-state index contributed by atoms with van der Waals surface area (Å²) in [6, 6.07) is 16.0. The Morgan fingerprint density at radius 1 is 1.15 bits per heavy atom. The second-order valence-electron chi connectivity index (χ2n) is 7.85. The fourth-order valence-corrected chi connectivity index (χ4v) is 3.94. The number of nitrogens with zero attached hydrogens (tertiary/aromatic N) is 4. The summed E-state index contributed by atoms with van der Waals surface area (Å²) in [6.07, 6.45) is 3.37. The van der Waals surface area contributed by atoms with Crippen molar-refractivity contribution in [2.24, 2.45) is 0 Å². The van der Waals surface area contributed by atoms with Crippen LogP contribution in [0, 0.1) is 0 Å². The van der Waals surface area contributed by atoms with Gasteiger partial charge in [0.2, 0.25) is 5.95 Å². The van der Waals surface area contributed by atoms with Crippen molar-refractivity contribution in [3.8, 4) is 11.3 Å². The van der Waals surface area contributed by atoms with Crippen molar-refractivity contribution in [1.29, 1.82) is 0 Å². The van der Waals surface area contributed by atoms with E-state index in [1.807, 2.05) is 36.4 Å². The molecule has 2 aromatic carbocycles. The topological polar surface area (TPSA) is 96.0 Å². The van der Waals surface area contributed by atoms with E-state index in [1.165, 1.54) is 6.08 Å². The first kappa shape index (κ1) is 20.8. The van der Waals surface area contributed by atoms with E-state index < -0.39 is 0 Å². The van der Waals surface area contributed by atoms with Gasteiger partial charge in [-0.15, -0.1) is 0 Å². The summed E-state index contributed by atoms with van der Waals surface area (Å²) in [5.74, 6) is 0.444. The number of aromatic nitrogens is 4. The average molecular weight is 441 g/mol. The Morgan fingerprint density at radius 3 is 2.85 bits per heavy atom. The number of carbonyl (C=O) groups is 1. The van der Waals surface area contributed by atoms with Crippen LogP contribution in [0.3, 0.4) is 0 Å². The lowest BCUT2D eigenvalue weighted by Gasteiger charge is -2.29. The normalized spacial score (nSPS) is 13.8. The lowest BCUT2D eigenvalue weighted by Crippen LogP contribution is -2.36. The van der Waals surface area contributed by atoms with Crippen molar-refractivity contribution in [2.45, 2.75) is 6.42 Å². The van der Waals surface area contributed by atoms with E-state index in [9.17, 15) is 4.79 Å². The summed E-state index contributed by atoms with van der Waals surface area (Å²) >= 11 is 0. The maximum atomic E-state index is 11.8. The highest BCUT2D eigenvalue weighted by Crippen LogP contribution is 2.29. The molecule has 0 atom stereocenters. The van der Waals surface area contributed by atoms with E-state index in [4.69, 9.17) is 9.72 Å². The molecule has 5 rings (SSSR count). The van der Waals surface area contributed by atoms with Gasteiger partial charge in [-0.1, -0.05) is 30.8 Å². The van der Waals surface area contributed by atoms with Gasteiger partial charge in [0.15, 0.2) is 11.4 Å². The fourth-order valence-electron chi connectivity index (χ4n) is 3.94. The van der Waals surface area contributed by atoms with E-state index in [2.05, 4.69) is 44.1 Å². The number of hydrogen-bond acceptors (Lipinski definition) is 7. The standard InChI is InChI=1S/C25H24N6O2/c1-2-21(32)14-17-5-3-6-18(13-17)23-22-16-26-30-24(22)29-25(28-23)27-19-7-4-8-20(15-19)31-9-11-33-12-10-31/h2-8,13,15-16H,1,9-12,14H2,(H2,26,27,28,29,30). The van der Waals surface area contributed by atoms with Crippen LogP contribution in [-0.2, 0) is 16.0 Å². The molecule has 0 spiro atoms. The zero-order chi connectivity index (χ0) is 22.6. The molecule has 3 heterocycles. The van der Waals surface area contributed by atoms with Gasteiger partial charge in [0.25, 0.3) is 0 Å². The molecule has 4 aromatic rings. The second-order valence-corrected chi connectivity index (χ2v) is 7.85. The molecule has 0 bridgehead atoms. The number of aromatic amines is 1. The summed E-state index contributed by atoms with van der Waals surface area (Å²) in [7, 11) is 0. The van der Waals surface area contributed by atoms with Crippen molar-refractivity contribution in [3.05, 3.63) is 72.9 Å². The highest BCUT2D eigenvalue weighted by atomic mass is 16.5. The molecule has 1 aliphatic rings. The van der Waals surface area contributed by atoms with Crippen LogP contribution < -0.4 is 10.2 Å². The third kappa shape index (κ3) is 4.61. The van der Waals surface area contributed by atoms with Gasteiger partial charge in [-0.05, 0) is 35.9 Å². The molecule has 8 nitrogen and oxygen atoms in total. The molecule has 166 valence electrons. The molecule has 0 saturated carbocycles. The molecule has 0 aliphatic carbocycles. The molecule has 1 aliphatic heterocycles. The number of allylic oxidation sites excluding steroid dienone is 1. The van der Waals surface area contributed by atoms with Crippen LogP contribution in [0.25, 0.3) is 22.3 Å². The van der Waals surface area contributed by atoms with Gasteiger partial charge in [0, 0.05) is 36.4 Å². The van der Waals surface area contributed by atoms with E-state index in [0.717, 1.165) is 59.9 Å². The van der Waals surface area contributed by atoms with Crippen LogP contribution in [0.15, 0.2) is 67.4 Å². The van der Waals surface area contributed by atoms with E-state index in [-0.39, 0.29) is 5.78 Å². The lowest BCUT2D eigenvalue weighted by molar-refractivity contribution is -0.114. The number of morpholine rings is 1. The Labute approximate surface area is 191 Å². The van der Waals surface area contributed by atoms with Crippen LogP contribution >= 0.6 is 0 Å². The minimum Gasteiger partial charge on any atom is -0.378 e. The molecule has 2 aromatic heterocycles. The van der Waals surface area contributed by atoms with Crippen molar-refractivity contribution in [2.75, 3.05) is 36.5 Å². The maximum absolute atomic E-state index is 11.8. The Bertz CT molecular complexity index is 1310. The van der Waals surface area contributed by atoms with Gasteiger partial charge in [0.05, 0.1) is 30.5 Å². The predicted molar refractivity (Wildman–Crippen MR) is 129 cm³/mol. The van der Waals surface area contributed by atoms with Crippen molar-refractivity contribution < 1.29 is 9.53 Å². The van der Waals surface area contributed by atoms with E-state index >= 15 is 0 Å². The smallest absolute Gasteiger partial charge is 0.229 e. The zero-order valence-electron chi connectivity index (χ0n) is 18.1. The molecule has 0 amide bonds. The molecule has 1 saturated heterocycles. The molecule has 1 fully saturated rings. The highest BCUT2D eigenvalue weighted by Gasteiger charge is 2.14. The zero-order valence-corrected chi connectivity index (χ0v) is 18.1. The first-order valence-electron chi connectivity index (χ1n) is 10.8. The number of hydrogen-bond donors (Lipinski definition) is 2. The van der Waals surface area contributed by atoms with Gasteiger partial charge < -0.3 is 15.0 Å². The molecule has 2 N–H and O–H groups in total. The Kier molecular flexibility index (Phi) is 5.82. The maximum Gasteiger partial charge on any atom is 0.229 e. The first-order chi connectivity index (χ1) is 16.2. The monoisotopic (exact) mass is 440 g/mol. The van der Waals surface area contributed by atoms with Crippen molar-refractivity contribution >= 4 is 34.1 Å².